The third-order valence-electron chi connectivity index (χ3n) is 1.54. The summed E-state index contributed by atoms with van der Waals surface area (Å²) < 4.78 is 5.58. The van der Waals surface area contributed by atoms with Gasteiger partial charge >= 0.3 is 5.97 Å². The smallest absolute Gasteiger partial charge is 0.334 e. The number of rotatable bonds is 3. The molecule has 0 N–H and O–H groups in total. The summed E-state index contributed by atoms with van der Waals surface area (Å²) in [5.74, 6) is -0.370. The van der Waals surface area contributed by atoms with Gasteiger partial charge in [-0.15, -0.1) is 0 Å². The molecule has 0 aliphatic rings. The van der Waals surface area contributed by atoms with Gasteiger partial charge in [-0.1, -0.05) is 6.58 Å². The van der Waals surface area contributed by atoms with Crippen LogP contribution in [0.5, 0.6) is 0 Å². The molecule has 0 amide bonds. The van der Waals surface area contributed by atoms with Crippen LogP contribution in [0.2, 0.25) is 0 Å². The fraction of sp³-hybridized carbons (Fsp3) is 0.625. The second kappa shape index (κ2) is 4.87. The highest BCUT2D eigenvalue weighted by Crippen LogP contribution is 2.03. The lowest BCUT2D eigenvalue weighted by Crippen LogP contribution is -3.00. The monoisotopic (exact) mass is 177 g/mol. The van der Waals surface area contributed by atoms with Crippen LogP contribution in [0.3, 0.4) is 0 Å². The van der Waals surface area contributed by atoms with Crippen LogP contribution in [0.25, 0.3) is 0 Å². The van der Waals surface area contributed by atoms with Gasteiger partial charge in [0.25, 0.3) is 0 Å². The van der Waals surface area contributed by atoms with Crippen molar-refractivity contribution in [3.63, 3.8) is 0 Å². The van der Waals surface area contributed by atoms with Crippen LogP contribution < -0.4 is 4.70 Å². The second-order valence-electron chi connectivity index (χ2n) is 3.36. The van der Waals surface area contributed by atoms with Crippen molar-refractivity contribution in [3.8, 4) is 0 Å². The summed E-state index contributed by atoms with van der Waals surface area (Å²) in [6, 6.07) is 0. The zero-order valence-electron chi connectivity index (χ0n) is 8.00. The predicted octanol–water partition coefficient (Wildman–Crippen LogP) is -2.23. The maximum atomic E-state index is 10.7. The highest BCUT2D eigenvalue weighted by molar-refractivity contribution is 5.81. The summed E-state index contributed by atoms with van der Waals surface area (Å²) in [5, 5.41) is 0. The van der Waals surface area contributed by atoms with Crippen molar-refractivity contribution < 1.29 is 18.7 Å². The number of quaternary nitrogens is 1. The molecule has 0 aromatic carbocycles. The summed E-state index contributed by atoms with van der Waals surface area (Å²) >= 11 is 0. The first-order chi connectivity index (χ1) is 4.88. The summed E-state index contributed by atoms with van der Waals surface area (Å²) in [7, 11) is 5.88. The van der Waals surface area contributed by atoms with Gasteiger partial charge in [0.2, 0.25) is 6.23 Å². The van der Waals surface area contributed by atoms with Crippen molar-refractivity contribution in [1.29, 1.82) is 0 Å². The van der Waals surface area contributed by atoms with Gasteiger partial charge in [0.05, 0.1) is 21.1 Å². The fourth-order valence-electron chi connectivity index (χ4n) is 0.374. The molecule has 72 valence electrons. The van der Waals surface area contributed by atoms with Crippen LogP contribution in [0.4, 0.5) is 0 Å². The van der Waals surface area contributed by atoms with Crippen LogP contribution in [-0.2, 0) is 9.53 Å². The van der Waals surface area contributed by atoms with Crippen LogP contribution in [-0.4, -0.2) is 37.8 Å². The molecule has 0 aliphatic carbocycles. The van der Waals surface area contributed by atoms with Crippen LogP contribution in [0.15, 0.2) is 12.7 Å². The quantitative estimate of drug-likeness (QED) is 0.211. The van der Waals surface area contributed by atoms with Gasteiger partial charge < -0.3 is 9.44 Å². The van der Waals surface area contributed by atoms with E-state index in [1.54, 1.807) is 0 Å². The Morgan fingerprint density at radius 1 is 1.50 bits per heavy atom. The van der Waals surface area contributed by atoms with E-state index in [2.05, 4.69) is 6.58 Å². The molecule has 0 rings (SSSR count). The lowest BCUT2D eigenvalue weighted by molar-refractivity contribution is -0.914. The molecule has 0 fully saturated rings. The Morgan fingerprint density at radius 3 is 2.17 bits per heavy atom. The van der Waals surface area contributed by atoms with Crippen LogP contribution >= 0.6 is 0 Å². The van der Waals surface area contributed by atoms with E-state index in [-0.39, 0.29) is 16.9 Å². The van der Waals surface area contributed by atoms with Gasteiger partial charge in [-0.2, -0.15) is 0 Å². The van der Waals surface area contributed by atoms with E-state index in [0.29, 0.717) is 4.48 Å². The van der Waals surface area contributed by atoms with E-state index < -0.39 is 0 Å². The molecule has 3 nitrogen and oxygen atoms in total. The molecule has 0 bridgehead atoms. The molecule has 1 atom stereocenters. The van der Waals surface area contributed by atoms with Gasteiger partial charge in [0.1, 0.15) is 0 Å². The SMILES string of the molecule is C=CC(=O)OC(C)[N+](C)(C)C.[F-]. The maximum Gasteiger partial charge on any atom is 0.334 e. The van der Waals surface area contributed by atoms with Gasteiger partial charge in [0.15, 0.2) is 0 Å². The van der Waals surface area contributed by atoms with E-state index in [9.17, 15) is 4.79 Å². The average Bonchev–Trinajstić information content (AvgIpc) is 1.85. The molecule has 0 aromatic rings. The Balaban J connectivity index is 0. The summed E-state index contributed by atoms with van der Waals surface area (Å²) in [6.45, 7) is 5.16. The minimum Gasteiger partial charge on any atom is -1.00 e. The number of nitrogens with zero attached hydrogens (tertiary/aromatic N) is 1. The Hall–Kier alpha value is -0.900. The lowest BCUT2D eigenvalue weighted by atomic mass is 10.5. The predicted molar refractivity (Wildman–Crippen MR) is 43.8 cm³/mol. The molecule has 0 aliphatic heterocycles. The lowest BCUT2D eigenvalue weighted by Gasteiger charge is -2.29. The third-order valence-corrected chi connectivity index (χ3v) is 1.54. The first-order valence-electron chi connectivity index (χ1n) is 3.52. The van der Waals surface area contributed by atoms with E-state index in [0.717, 1.165) is 0 Å². The largest absolute Gasteiger partial charge is 1.00 e. The summed E-state index contributed by atoms with van der Waals surface area (Å²) in [5.41, 5.74) is 0. The molecule has 0 radical (unpaired) electrons. The number of ether oxygens (including phenoxy) is 1. The number of halogens is 1. The fourth-order valence-corrected chi connectivity index (χ4v) is 0.374. The Labute approximate surface area is 72.6 Å². The molecule has 0 saturated carbocycles. The van der Waals surface area contributed by atoms with Crippen LogP contribution in [0.1, 0.15) is 6.92 Å². The highest BCUT2D eigenvalue weighted by atomic mass is 19.0. The van der Waals surface area contributed by atoms with Crippen molar-refractivity contribution in [2.24, 2.45) is 0 Å². The molecule has 0 spiro atoms. The standard InChI is InChI=1S/C8H16NO2.FH/c1-6-8(10)11-7(2)9(3,4)5;/h6-7H,1H2,2-5H3;1H/q+1;/p-1. The third kappa shape index (κ3) is 4.85. The van der Waals surface area contributed by atoms with Crippen molar-refractivity contribution in [2.45, 2.75) is 13.2 Å². The second-order valence-corrected chi connectivity index (χ2v) is 3.36. The molecule has 0 saturated heterocycles. The van der Waals surface area contributed by atoms with E-state index >= 15 is 0 Å². The number of hydrogen-bond donors (Lipinski definition) is 0. The van der Waals surface area contributed by atoms with E-state index in [1.165, 1.54) is 6.08 Å². The summed E-state index contributed by atoms with van der Waals surface area (Å²) in [4.78, 5) is 10.7. The molecule has 1 unspecified atom stereocenters. The minimum atomic E-state index is -0.370. The topological polar surface area (TPSA) is 26.3 Å². The number of carbonyl (C=O) groups excluding carboxylic acids is 1. The van der Waals surface area contributed by atoms with Crippen molar-refractivity contribution >= 4 is 5.97 Å². The van der Waals surface area contributed by atoms with Crippen LogP contribution in [0, 0.1) is 0 Å². The Bertz CT molecular complexity index is 163. The van der Waals surface area contributed by atoms with Gasteiger partial charge in [-0.05, 0) is 0 Å². The number of esters is 1. The number of carbonyl (C=O) groups is 1. The summed E-state index contributed by atoms with van der Waals surface area (Å²) in [6.07, 6.45) is 1.03. The van der Waals surface area contributed by atoms with E-state index in [1.807, 2.05) is 28.1 Å². The van der Waals surface area contributed by atoms with Gasteiger partial charge in [-0.25, -0.2) is 4.79 Å². The van der Waals surface area contributed by atoms with Crippen molar-refractivity contribution in [3.05, 3.63) is 12.7 Å². The highest BCUT2D eigenvalue weighted by Gasteiger charge is 2.20. The number of hydrogen-bond acceptors (Lipinski definition) is 2. The molecule has 0 aromatic heterocycles. The minimum absolute atomic E-state index is 0. The molecular weight excluding hydrogens is 161 g/mol. The first-order valence-corrected chi connectivity index (χ1v) is 3.52. The Kier molecular flexibility index (Phi) is 5.55. The molecule has 4 heteroatoms. The molecule has 12 heavy (non-hydrogen) atoms. The molecule has 0 heterocycles. The van der Waals surface area contributed by atoms with E-state index in [4.69, 9.17) is 4.74 Å². The maximum absolute atomic E-state index is 10.7. The molecular formula is C8H16FNO2. The average molecular weight is 177 g/mol. The van der Waals surface area contributed by atoms with Crippen molar-refractivity contribution in [1.82, 2.24) is 0 Å². The zero-order valence-corrected chi connectivity index (χ0v) is 8.00. The van der Waals surface area contributed by atoms with Gasteiger partial charge in [0, 0.05) is 13.0 Å². The Morgan fingerprint density at radius 2 is 1.92 bits per heavy atom. The normalized spacial score (nSPS) is 12.7. The first kappa shape index (κ1) is 13.7. The van der Waals surface area contributed by atoms with Crippen molar-refractivity contribution in [2.75, 3.05) is 21.1 Å². The zero-order chi connectivity index (χ0) is 9.07. The van der Waals surface area contributed by atoms with Gasteiger partial charge in [-0.3, -0.25) is 4.48 Å².